The number of para-hydroxylation sites is 2. The van der Waals surface area contributed by atoms with Crippen molar-refractivity contribution < 1.29 is 9.53 Å². The highest BCUT2D eigenvalue weighted by molar-refractivity contribution is 7.22. The van der Waals surface area contributed by atoms with E-state index in [2.05, 4.69) is 38.4 Å². The van der Waals surface area contributed by atoms with Crippen LogP contribution in [0, 0.1) is 6.92 Å². The van der Waals surface area contributed by atoms with Crippen LogP contribution in [0.3, 0.4) is 0 Å². The van der Waals surface area contributed by atoms with E-state index >= 15 is 0 Å². The summed E-state index contributed by atoms with van der Waals surface area (Å²) in [6.07, 6.45) is 1.86. The molecule has 2 aromatic carbocycles. The second-order valence-electron chi connectivity index (χ2n) is 7.58. The first kappa shape index (κ1) is 20.4. The zero-order chi connectivity index (χ0) is 22.1. The Hall–Kier alpha value is -3.52. The van der Waals surface area contributed by atoms with Crippen molar-refractivity contribution in [2.75, 3.05) is 23.4 Å². The molecule has 2 aromatic heterocycles. The number of rotatable bonds is 5. The predicted molar refractivity (Wildman–Crippen MR) is 127 cm³/mol. The van der Waals surface area contributed by atoms with Gasteiger partial charge in [0, 0.05) is 17.7 Å². The fraction of sp³-hybridized carbons (Fsp3) is 0.250. The van der Waals surface area contributed by atoms with E-state index < -0.39 is 0 Å². The molecule has 0 aliphatic carbocycles. The van der Waals surface area contributed by atoms with Crippen molar-refractivity contribution in [3.05, 3.63) is 65.2 Å². The van der Waals surface area contributed by atoms with Crippen LogP contribution < -0.4 is 10.2 Å². The Bertz CT molecular complexity index is 1270. The van der Waals surface area contributed by atoms with Gasteiger partial charge in [0.05, 0.1) is 28.1 Å². The van der Waals surface area contributed by atoms with Gasteiger partial charge in [0.1, 0.15) is 0 Å². The van der Waals surface area contributed by atoms with Crippen LogP contribution >= 0.6 is 11.3 Å². The standard InChI is InChI=1S/C24H23N5O2S/c1-3-31-23(30)17-9-4-6-12-19(17)29-14-8-10-16-15(2)21(27-28-22(16)29)26-24-25-18-11-5-7-13-20(18)32-24/h4-7,9,11-13H,3,8,10,14H2,1-2H3,(H,25,26,27). The number of ether oxygens (including phenoxy) is 1. The number of hydrogen-bond donors (Lipinski definition) is 1. The summed E-state index contributed by atoms with van der Waals surface area (Å²) in [5, 5.41) is 13.2. The molecule has 7 nitrogen and oxygen atoms in total. The minimum absolute atomic E-state index is 0.325. The fourth-order valence-corrected chi connectivity index (χ4v) is 4.91. The number of carbonyl (C=O) groups excluding carboxylic acids is 1. The van der Waals surface area contributed by atoms with E-state index in [1.165, 1.54) is 0 Å². The molecule has 4 aromatic rings. The predicted octanol–water partition coefficient (Wildman–Crippen LogP) is 5.40. The first-order valence-electron chi connectivity index (χ1n) is 10.7. The third kappa shape index (κ3) is 3.67. The minimum Gasteiger partial charge on any atom is -0.462 e. The van der Waals surface area contributed by atoms with E-state index in [-0.39, 0.29) is 5.97 Å². The molecule has 3 heterocycles. The van der Waals surface area contributed by atoms with E-state index in [1.807, 2.05) is 43.3 Å². The van der Waals surface area contributed by atoms with Gasteiger partial charge in [-0.15, -0.1) is 10.2 Å². The Morgan fingerprint density at radius 3 is 2.81 bits per heavy atom. The second kappa shape index (κ2) is 8.55. The molecule has 8 heteroatoms. The Morgan fingerprint density at radius 1 is 1.16 bits per heavy atom. The summed E-state index contributed by atoms with van der Waals surface area (Å²) in [5.41, 5.74) is 4.48. The maximum atomic E-state index is 12.5. The van der Waals surface area contributed by atoms with Gasteiger partial charge in [-0.05, 0) is 51.0 Å². The summed E-state index contributed by atoms with van der Waals surface area (Å²) in [6, 6.07) is 15.6. The van der Waals surface area contributed by atoms with E-state index in [0.29, 0.717) is 18.0 Å². The maximum Gasteiger partial charge on any atom is 0.340 e. The molecule has 1 aliphatic rings. The molecule has 0 amide bonds. The number of hydrogen-bond acceptors (Lipinski definition) is 8. The van der Waals surface area contributed by atoms with E-state index in [1.54, 1.807) is 17.4 Å². The Labute approximate surface area is 190 Å². The van der Waals surface area contributed by atoms with Gasteiger partial charge in [0.25, 0.3) is 0 Å². The average Bonchev–Trinajstić information content (AvgIpc) is 3.23. The number of benzene rings is 2. The summed E-state index contributed by atoms with van der Waals surface area (Å²) in [6.45, 7) is 4.97. The lowest BCUT2D eigenvalue weighted by atomic mass is 10.00. The minimum atomic E-state index is -0.325. The number of aromatic nitrogens is 3. The first-order chi connectivity index (χ1) is 15.7. The number of anilines is 4. The largest absolute Gasteiger partial charge is 0.462 e. The van der Waals surface area contributed by atoms with Crippen LogP contribution in [-0.4, -0.2) is 34.3 Å². The Balaban J connectivity index is 1.50. The lowest BCUT2D eigenvalue weighted by molar-refractivity contribution is 0.0527. The number of nitrogens with zero attached hydrogens (tertiary/aromatic N) is 4. The van der Waals surface area contributed by atoms with Crippen LogP contribution in [0.4, 0.5) is 22.5 Å². The van der Waals surface area contributed by atoms with Gasteiger partial charge < -0.3 is 15.0 Å². The molecule has 0 saturated carbocycles. The summed E-state index contributed by atoms with van der Waals surface area (Å²) in [4.78, 5) is 19.2. The molecule has 32 heavy (non-hydrogen) atoms. The van der Waals surface area contributed by atoms with E-state index in [9.17, 15) is 4.79 Å². The molecule has 0 radical (unpaired) electrons. The molecular formula is C24H23N5O2S. The zero-order valence-electron chi connectivity index (χ0n) is 18.0. The fourth-order valence-electron chi connectivity index (χ4n) is 4.05. The summed E-state index contributed by atoms with van der Waals surface area (Å²) < 4.78 is 6.39. The van der Waals surface area contributed by atoms with Crippen molar-refractivity contribution in [2.24, 2.45) is 0 Å². The summed E-state index contributed by atoms with van der Waals surface area (Å²) in [7, 11) is 0. The third-order valence-corrected chi connectivity index (χ3v) is 6.55. The first-order valence-corrected chi connectivity index (χ1v) is 11.5. The number of thiazole rings is 1. The quantitative estimate of drug-likeness (QED) is 0.412. The number of carbonyl (C=O) groups is 1. The normalized spacial score (nSPS) is 13.1. The van der Waals surface area contributed by atoms with Gasteiger partial charge in [-0.2, -0.15) is 0 Å². The Kier molecular flexibility index (Phi) is 5.45. The zero-order valence-corrected chi connectivity index (χ0v) is 18.8. The SMILES string of the molecule is CCOC(=O)c1ccccc1N1CCCc2c1nnc(Nc1nc3ccccc3s1)c2C. The number of fused-ring (bicyclic) bond motifs is 2. The summed E-state index contributed by atoms with van der Waals surface area (Å²) >= 11 is 1.59. The molecule has 0 atom stereocenters. The molecule has 0 fully saturated rings. The van der Waals surface area contributed by atoms with Crippen LogP contribution in [0.1, 0.15) is 34.8 Å². The molecule has 162 valence electrons. The highest BCUT2D eigenvalue weighted by Crippen LogP contribution is 2.37. The molecule has 1 N–H and O–H groups in total. The second-order valence-corrected chi connectivity index (χ2v) is 8.61. The molecule has 0 saturated heterocycles. The number of nitrogens with one attached hydrogen (secondary N) is 1. The van der Waals surface area contributed by atoms with Crippen molar-refractivity contribution in [3.8, 4) is 0 Å². The van der Waals surface area contributed by atoms with Crippen LogP contribution in [0.2, 0.25) is 0 Å². The average molecular weight is 446 g/mol. The van der Waals surface area contributed by atoms with Crippen molar-refractivity contribution in [3.63, 3.8) is 0 Å². The van der Waals surface area contributed by atoms with Crippen molar-refractivity contribution in [2.45, 2.75) is 26.7 Å². The van der Waals surface area contributed by atoms with Crippen molar-refractivity contribution in [1.82, 2.24) is 15.2 Å². The Morgan fingerprint density at radius 2 is 1.97 bits per heavy atom. The highest BCUT2D eigenvalue weighted by Gasteiger charge is 2.27. The molecular weight excluding hydrogens is 422 g/mol. The van der Waals surface area contributed by atoms with Crippen molar-refractivity contribution in [1.29, 1.82) is 0 Å². The third-order valence-electron chi connectivity index (χ3n) is 5.60. The van der Waals surface area contributed by atoms with Crippen LogP contribution in [0.25, 0.3) is 10.2 Å². The van der Waals surface area contributed by atoms with E-state index in [4.69, 9.17) is 4.74 Å². The van der Waals surface area contributed by atoms with Gasteiger partial charge in [-0.1, -0.05) is 35.6 Å². The smallest absolute Gasteiger partial charge is 0.340 e. The molecule has 0 bridgehead atoms. The van der Waals surface area contributed by atoms with Crippen LogP contribution in [-0.2, 0) is 11.2 Å². The van der Waals surface area contributed by atoms with Gasteiger partial charge in [0.15, 0.2) is 16.8 Å². The van der Waals surface area contributed by atoms with Gasteiger partial charge in [0.2, 0.25) is 0 Å². The summed E-state index contributed by atoms with van der Waals surface area (Å²) in [5.74, 6) is 1.18. The molecule has 0 unspecified atom stereocenters. The topological polar surface area (TPSA) is 80.2 Å². The van der Waals surface area contributed by atoms with Gasteiger partial charge in [-0.25, -0.2) is 9.78 Å². The monoisotopic (exact) mass is 445 g/mol. The van der Waals surface area contributed by atoms with E-state index in [0.717, 1.165) is 57.4 Å². The lowest BCUT2D eigenvalue weighted by Gasteiger charge is -2.31. The molecule has 1 aliphatic heterocycles. The van der Waals surface area contributed by atoms with Gasteiger partial charge in [-0.3, -0.25) is 0 Å². The maximum absolute atomic E-state index is 12.5. The molecule has 0 spiro atoms. The van der Waals surface area contributed by atoms with Crippen LogP contribution in [0.15, 0.2) is 48.5 Å². The van der Waals surface area contributed by atoms with Gasteiger partial charge >= 0.3 is 5.97 Å². The highest BCUT2D eigenvalue weighted by atomic mass is 32.1. The van der Waals surface area contributed by atoms with Crippen molar-refractivity contribution >= 4 is 50.0 Å². The number of esters is 1. The lowest BCUT2D eigenvalue weighted by Crippen LogP contribution is -2.28. The van der Waals surface area contributed by atoms with Crippen LogP contribution in [0.5, 0.6) is 0 Å². The molecule has 5 rings (SSSR count).